The summed E-state index contributed by atoms with van der Waals surface area (Å²) in [7, 11) is 1.26. The summed E-state index contributed by atoms with van der Waals surface area (Å²) in [6.07, 6.45) is 0.859. The van der Waals surface area contributed by atoms with Crippen molar-refractivity contribution in [1.29, 1.82) is 0 Å². The zero-order valence-corrected chi connectivity index (χ0v) is 10.3. The fraction of sp³-hybridized carbons (Fsp3) is 0.462. The number of rotatable bonds is 6. The van der Waals surface area contributed by atoms with Crippen LogP contribution in [-0.4, -0.2) is 36.9 Å². The fourth-order valence-electron chi connectivity index (χ4n) is 1.50. The first-order valence-electron chi connectivity index (χ1n) is 5.62. The Balaban J connectivity index is 2.27. The standard InChI is InChI=1S/C13H19NO3/c1-13(16,12(15)17-2)10-14-9-8-11-6-4-3-5-7-11/h3-7,14,16H,8-10H2,1-2H3. The molecular weight excluding hydrogens is 218 g/mol. The van der Waals surface area contributed by atoms with E-state index in [1.807, 2.05) is 30.3 Å². The highest BCUT2D eigenvalue weighted by Gasteiger charge is 2.30. The largest absolute Gasteiger partial charge is 0.467 e. The second-order valence-corrected chi connectivity index (χ2v) is 4.18. The van der Waals surface area contributed by atoms with Gasteiger partial charge in [-0.25, -0.2) is 4.79 Å². The minimum absolute atomic E-state index is 0.187. The zero-order chi connectivity index (χ0) is 12.7. The predicted octanol–water partition coefficient (Wildman–Crippen LogP) is 0.743. The first kappa shape index (κ1) is 13.7. The molecule has 1 rings (SSSR count). The van der Waals surface area contributed by atoms with Gasteiger partial charge in [-0.1, -0.05) is 30.3 Å². The van der Waals surface area contributed by atoms with E-state index in [9.17, 15) is 9.90 Å². The highest BCUT2D eigenvalue weighted by atomic mass is 16.5. The van der Waals surface area contributed by atoms with E-state index in [0.717, 1.165) is 6.42 Å². The molecule has 1 aromatic carbocycles. The maximum Gasteiger partial charge on any atom is 0.338 e. The van der Waals surface area contributed by atoms with Crippen molar-refractivity contribution in [3.8, 4) is 0 Å². The number of carbonyl (C=O) groups is 1. The van der Waals surface area contributed by atoms with Crippen molar-refractivity contribution >= 4 is 5.97 Å². The summed E-state index contributed by atoms with van der Waals surface area (Å²) in [4.78, 5) is 11.2. The summed E-state index contributed by atoms with van der Waals surface area (Å²) in [5.74, 6) is -0.621. The van der Waals surface area contributed by atoms with Gasteiger partial charge < -0.3 is 15.2 Å². The van der Waals surface area contributed by atoms with Crippen LogP contribution in [0.2, 0.25) is 0 Å². The third-order valence-corrected chi connectivity index (χ3v) is 2.53. The molecule has 0 bridgehead atoms. The van der Waals surface area contributed by atoms with Crippen molar-refractivity contribution in [2.45, 2.75) is 18.9 Å². The first-order chi connectivity index (χ1) is 8.06. The first-order valence-corrected chi connectivity index (χ1v) is 5.62. The summed E-state index contributed by atoms with van der Waals surface area (Å²) in [6.45, 7) is 2.33. The van der Waals surface area contributed by atoms with Crippen molar-refractivity contribution < 1.29 is 14.6 Å². The topological polar surface area (TPSA) is 58.6 Å². The molecule has 0 aromatic heterocycles. The van der Waals surface area contributed by atoms with Gasteiger partial charge in [-0.15, -0.1) is 0 Å². The number of aliphatic hydroxyl groups is 1. The Morgan fingerprint density at radius 2 is 2.06 bits per heavy atom. The maximum atomic E-state index is 11.2. The fourth-order valence-corrected chi connectivity index (χ4v) is 1.50. The van der Waals surface area contributed by atoms with Gasteiger partial charge in [0.15, 0.2) is 5.60 Å². The molecule has 0 saturated heterocycles. The van der Waals surface area contributed by atoms with Crippen LogP contribution in [0.25, 0.3) is 0 Å². The van der Waals surface area contributed by atoms with Gasteiger partial charge >= 0.3 is 5.97 Å². The summed E-state index contributed by atoms with van der Waals surface area (Å²) in [5.41, 5.74) is -0.247. The van der Waals surface area contributed by atoms with Crippen molar-refractivity contribution in [2.75, 3.05) is 20.2 Å². The molecule has 4 nitrogen and oxygen atoms in total. The normalized spacial score (nSPS) is 14.1. The lowest BCUT2D eigenvalue weighted by atomic mass is 10.1. The van der Waals surface area contributed by atoms with Crippen LogP contribution in [0.3, 0.4) is 0 Å². The van der Waals surface area contributed by atoms with Crippen molar-refractivity contribution in [3.05, 3.63) is 35.9 Å². The van der Waals surface area contributed by atoms with Crippen LogP contribution >= 0.6 is 0 Å². The predicted molar refractivity (Wildman–Crippen MR) is 65.7 cm³/mol. The molecule has 0 amide bonds. The molecule has 4 heteroatoms. The number of methoxy groups -OCH3 is 1. The Morgan fingerprint density at radius 3 is 2.65 bits per heavy atom. The number of hydrogen-bond acceptors (Lipinski definition) is 4. The molecule has 0 aliphatic heterocycles. The number of benzene rings is 1. The Bertz CT molecular complexity index is 349. The molecular formula is C13H19NO3. The van der Waals surface area contributed by atoms with Crippen LogP contribution in [0.4, 0.5) is 0 Å². The smallest absolute Gasteiger partial charge is 0.338 e. The van der Waals surface area contributed by atoms with Gasteiger partial charge in [0.2, 0.25) is 0 Å². The Labute approximate surface area is 102 Å². The Morgan fingerprint density at radius 1 is 1.41 bits per heavy atom. The molecule has 1 aromatic rings. The van der Waals surface area contributed by atoms with Gasteiger partial charge in [0.05, 0.1) is 7.11 Å². The van der Waals surface area contributed by atoms with E-state index in [4.69, 9.17) is 0 Å². The summed E-state index contributed by atoms with van der Waals surface area (Å²) >= 11 is 0. The van der Waals surface area contributed by atoms with Gasteiger partial charge in [0, 0.05) is 6.54 Å². The number of ether oxygens (including phenoxy) is 1. The molecule has 0 saturated carbocycles. The summed E-state index contributed by atoms with van der Waals surface area (Å²) in [5, 5.41) is 12.8. The molecule has 0 spiro atoms. The van der Waals surface area contributed by atoms with E-state index >= 15 is 0 Å². The average Bonchev–Trinajstić information content (AvgIpc) is 2.35. The minimum atomic E-state index is -1.47. The van der Waals surface area contributed by atoms with E-state index in [0.29, 0.717) is 6.54 Å². The van der Waals surface area contributed by atoms with Gasteiger partial charge in [-0.2, -0.15) is 0 Å². The van der Waals surface area contributed by atoms with Crippen LogP contribution in [0.5, 0.6) is 0 Å². The Hall–Kier alpha value is -1.39. The van der Waals surface area contributed by atoms with Crippen molar-refractivity contribution in [1.82, 2.24) is 5.32 Å². The van der Waals surface area contributed by atoms with Gasteiger partial charge in [0.25, 0.3) is 0 Å². The van der Waals surface area contributed by atoms with Crippen molar-refractivity contribution in [2.24, 2.45) is 0 Å². The van der Waals surface area contributed by atoms with Crippen molar-refractivity contribution in [3.63, 3.8) is 0 Å². The summed E-state index contributed by atoms with van der Waals surface area (Å²) < 4.78 is 4.50. The van der Waals surface area contributed by atoms with Crippen LogP contribution in [0, 0.1) is 0 Å². The summed E-state index contributed by atoms with van der Waals surface area (Å²) in [6, 6.07) is 10.0. The maximum absolute atomic E-state index is 11.2. The van der Waals surface area contributed by atoms with Crippen LogP contribution in [0.1, 0.15) is 12.5 Å². The average molecular weight is 237 g/mol. The third kappa shape index (κ3) is 4.54. The van der Waals surface area contributed by atoms with Gasteiger partial charge in [-0.3, -0.25) is 0 Å². The van der Waals surface area contributed by atoms with Crippen LogP contribution in [0.15, 0.2) is 30.3 Å². The minimum Gasteiger partial charge on any atom is -0.467 e. The molecule has 1 unspecified atom stereocenters. The monoisotopic (exact) mass is 237 g/mol. The third-order valence-electron chi connectivity index (χ3n) is 2.53. The molecule has 0 aliphatic carbocycles. The van der Waals surface area contributed by atoms with Gasteiger partial charge in [0.1, 0.15) is 0 Å². The second-order valence-electron chi connectivity index (χ2n) is 4.18. The zero-order valence-electron chi connectivity index (χ0n) is 10.3. The molecule has 94 valence electrons. The molecule has 0 fully saturated rings. The van der Waals surface area contributed by atoms with E-state index < -0.39 is 11.6 Å². The van der Waals surface area contributed by atoms with Crippen LogP contribution < -0.4 is 5.32 Å². The van der Waals surface area contributed by atoms with Crippen LogP contribution in [-0.2, 0) is 16.0 Å². The molecule has 0 radical (unpaired) electrons. The van der Waals surface area contributed by atoms with E-state index in [-0.39, 0.29) is 6.54 Å². The quantitative estimate of drug-likeness (QED) is 0.566. The SMILES string of the molecule is COC(=O)C(C)(O)CNCCc1ccccc1. The highest BCUT2D eigenvalue weighted by molar-refractivity contribution is 5.78. The highest BCUT2D eigenvalue weighted by Crippen LogP contribution is 2.04. The lowest BCUT2D eigenvalue weighted by Crippen LogP contribution is -2.46. The number of hydrogen-bond donors (Lipinski definition) is 2. The second kappa shape index (κ2) is 6.37. The van der Waals surface area contributed by atoms with E-state index in [2.05, 4.69) is 10.1 Å². The lowest BCUT2D eigenvalue weighted by Gasteiger charge is -2.20. The van der Waals surface area contributed by atoms with Gasteiger partial charge in [-0.05, 0) is 25.5 Å². The molecule has 17 heavy (non-hydrogen) atoms. The molecule has 1 atom stereocenters. The lowest BCUT2D eigenvalue weighted by molar-refractivity contribution is -0.159. The van der Waals surface area contributed by atoms with E-state index in [1.165, 1.54) is 19.6 Å². The molecule has 2 N–H and O–H groups in total. The number of nitrogens with one attached hydrogen (secondary N) is 1. The number of carbonyl (C=O) groups excluding carboxylic acids is 1. The Kier molecular flexibility index (Phi) is 5.12. The van der Waals surface area contributed by atoms with E-state index in [1.54, 1.807) is 0 Å². The number of esters is 1. The molecule has 0 heterocycles. The molecule has 0 aliphatic rings.